The molecule has 3 amide bonds. The van der Waals surface area contributed by atoms with E-state index in [4.69, 9.17) is 11.6 Å². The molecular weight excluding hydrogens is 322 g/mol. The van der Waals surface area contributed by atoms with Crippen molar-refractivity contribution in [2.24, 2.45) is 0 Å². The molecule has 1 heterocycles. The van der Waals surface area contributed by atoms with Crippen molar-refractivity contribution >= 4 is 29.3 Å². The Kier molecular flexibility index (Phi) is 5.59. The smallest absolute Gasteiger partial charge is 0.327 e. The van der Waals surface area contributed by atoms with Crippen molar-refractivity contribution in [2.75, 3.05) is 0 Å². The quantitative estimate of drug-likeness (QED) is 0.541. The summed E-state index contributed by atoms with van der Waals surface area (Å²) in [7, 11) is 0. The Bertz CT molecular complexity index is 624. The fraction of sp³-hybridized carbons (Fsp3) is 0.571. The fourth-order valence-electron chi connectivity index (χ4n) is 1.98. The third-order valence-electron chi connectivity index (χ3n) is 3.42. The van der Waals surface area contributed by atoms with Crippen LogP contribution in [0.25, 0.3) is 0 Å². The van der Waals surface area contributed by atoms with Crippen molar-refractivity contribution in [3.8, 4) is 0 Å². The number of nitrogens with zero attached hydrogens (tertiary/aromatic N) is 2. The summed E-state index contributed by atoms with van der Waals surface area (Å²) in [4.78, 5) is 35.2. The number of hydrazine groups is 1. The lowest BCUT2D eigenvalue weighted by atomic mass is 10.2. The highest BCUT2D eigenvalue weighted by Gasteiger charge is 2.27. The van der Waals surface area contributed by atoms with Gasteiger partial charge in [0, 0.05) is 12.6 Å². The van der Waals surface area contributed by atoms with Gasteiger partial charge in [-0.2, -0.15) is 5.10 Å². The molecule has 8 nitrogen and oxygen atoms in total. The minimum absolute atomic E-state index is 0.0671. The maximum Gasteiger partial charge on any atom is 0.327 e. The standard InChI is InChI=1S/C14H20ClN5O3/c1-3-4-7-20-11(15)10(8(2)19-20)12(21)17-18-14(23)13(22)16-9-5-6-9/h9H,3-7H2,1-2H3,(H,16,22)(H,17,21)(H,18,23). The Balaban J connectivity index is 1.93. The van der Waals surface area contributed by atoms with Crippen LogP contribution in [0, 0.1) is 6.92 Å². The molecule has 1 aliphatic rings. The van der Waals surface area contributed by atoms with E-state index in [0.717, 1.165) is 25.7 Å². The summed E-state index contributed by atoms with van der Waals surface area (Å²) in [6, 6.07) is 0.0671. The maximum atomic E-state index is 12.1. The first-order valence-electron chi connectivity index (χ1n) is 7.58. The molecule has 23 heavy (non-hydrogen) atoms. The molecule has 2 rings (SSSR count). The van der Waals surface area contributed by atoms with Gasteiger partial charge in [-0.15, -0.1) is 0 Å². The number of aromatic nitrogens is 2. The molecule has 1 aliphatic carbocycles. The van der Waals surface area contributed by atoms with Crippen LogP contribution >= 0.6 is 11.6 Å². The van der Waals surface area contributed by atoms with E-state index in [1.165, 1.54) is 0 Å². The molecule has 9 heteroatoms. The second-order valence-electron chi connectivity index (χ2n) is 5.48. The van der Waals surface area contributed by atoms with Crippen LogP contribution in [0.4, 0.5) is 0 Å². The lowest BCUT2D eigenvalue weighted by Crippen LogP contribution is -2.49. The Labute approximate surface area is 138 Å². The molecule has 0 bridgehead atoms. The topological polar surface area (TPSA) is 105 Å². The molecular formula is C14H20ClN5O3. The third kappa shape index (κ3) is 4.44. The molecule has 0 spiro atoms. The number of rotatable bonds is 5. The summed E-state index contributed by atoms with van der Waals surface area (Å²) in [5.74, 6) is -2.30. The van der Waals surface area contributed by atoms with E-state index in [0.29, 0.717) is 12.2 Å². The van der Waals surface area contributed by atoms with Crippen LogP contribution in [0.15, 0.2) is 0 Å². The lowest BCUT2D eigenvalue weighted by molar-refractivity contribution is -0.139. The minimum atomic E-state index is -0.919. The number of carbonyl (C=O) groups excluding carboxylic acids is 3. The first kappa shape index (κ1) is 17.3. The van der Waals surface area contributed by atoms with Crippen molar-refractivity contribution in [1.29, 1.82) is 0 Å². The zero-order valence-electron chi connectivity index (χ0n) is 13.1. The van der Waals surface area contributed by atoms with Crippen molar-refractivity contribution < 1.29 is 14.4 Å². The molecule has 0 radical (unpaired) electrons. The first-order chi connectivity index (χ1) is 10.9. The Morgan fingerprint density at radius 3 is 2.57 bits per heavy atom. The Morgan fingerprint density at radius 1 is 1.26 bits per heavy atom. The second kappa shape index (κ2) is 7.45. The van der Waals surface area contributed by atoms with E-state index in [-0.39, 0.29) is 16.8 Å². The van der Waals surface area contributed by atoms with Crippen LogP contribution in [0.2, 0.25) is 5.15 Å². The average Bonchev–Trinajstić information content (AvgIpc) is 3.27. The van der Waals surface area contributed by atoms with Gasteiger partial charge in [0.15, 0.2) is 0 Å². The van der Waals surface area contributed by atoms with Gasteiger partial charge in [0.1, 0.15) is 10.7 Å². The maximum absolute atomic E-state index is 12.1. The van der Waals surface area contributed by atoms with Gasteiger partial charge in [0.05, 0.1) is 5.69 Å². The molecule has 0 unspecified atom stereocenters. The SMILES string of the molecule is CCCCn1nc(C)c(C(=O)NNC(=O)C(=O)NC2CC2)c1Cl. The van der Waals surface area contributed by atoms with E-state index in [9.17, 15) is 14.4 Å². The highest BCUT2D eigenvalue weighted by atomic mass is 35.5. The molecule has 126 valence electrons. The molecule has 0 atom stereocenters. The Morgan fingerprint density at radius 2 is 1.96 bits per heavy atom. The molecule has 0 aromatic carbocycles. The molecule has 3 N–H and O–H groups in total. The molecule has 1 aromatic heterocycles. The first-order valence-corrected chi connectivity index (χ1v) is 7.96. The fourth-order valence-corrected chi connectivity index (χ4v) is 2.32. The van der Waals surface area contributed by atoms with Gasteiger partial charge in [-0.3, -0.25) is 29.9 Å². The van der Waals surface area contributed by atoms with Crippen molar-refractivity contribution in [3.05, 3.63) is 16.4 Å². The summed E-state index contributed by atoms with van der Waals surface area (Å²) < 4.78 is 1.55. The van der Waals surface area contributed by atoms with E-state index >= 15 is 0 Å². The molecule has 1 fully saturated rings. The zero-order chi connectivity index (χ0) is 17.0. The summed E-state index contributed by atoms with van der Waals surface area (Å²) >= 11 is 6.16. The summed E-state index contributed by atoms with van der Waals surface area (Å²) in [5, 5.41) is 6.95. The van der Waals surface area contributed by atoms with Crippen molar-refractivity contribution in [1.82, 2.24) is 25.9 Å². The van der Waals surface area contributed by atoms with E-state index in [2.05, 4.69) is 21.3 Å². The Hall–Kier alpha value is -2.09. The molecule has 0 saturated heterocycles. The summed E-state index contributed by atoms with van der Waals surface area (Å²) in [5.41, 5.74) is 4.91. The monoisotopic (exact) mass is 341 g/mol. The van der Waals surface area contributed by atoms with Crippen LogP contribution in [-0.2, 0) is 16.1 Å². The predicted octanol–water partition coefficient (Wildman–Crippen LogP) is 0.685. The third-order valence-corrected chi connectivity index (χ3v) is 3.81. The van der Waals surface area contributed by atoms with Gasteiger partial charge in [0.25, 0.3) is 5.91 Å². The van der Waals surface area contributed by atoms with Crippen LogP contribution in [0.1, 0.15) is 48.7 Å². The second-order valence-corrected chi connectivity index (χ2v) is 5.84. The van der Waals surface area contributed by atoms with Crippen LogP contribution in [-0.4, -0.2) is 33.5 Å². The highest BCUT2D eigenvalue weighted by Crippen LogP contribution is 2.20. The summed E-state index contributed by atoms with van der Waals surface area (Å²) in [6.45, 7) is 4.31. The normalized spacial score (nSPS) is 13.5. The number of aryl methyl sites for hydroxylation is 2. The van der Waals surface area contributed by atoms with Gasteiger partial charge in [-0.1, -0.05) is 24.9 Å². The number of unbranched alkanes of at least 4 members (excludes halogenated alkanes) is 1. The van der Waals surface area contributed by atoms with Crippen LogP contribution in [0.3, 0.4) is 0 Å². The molecule has 0 aliphatic heterocycles. The van der Waals surface area contributed by atoms with Gasteiger partial charge < -0.3 is 5.32 Å². The predicted molar refractivity (Wildman–Crippen MR) is 83.7 cm³/mol. The number of amides is 3. The van der Waals surface area contributed by atoms with Crippen LogP contribution in [0.5, 0.6) is 0 Å². The highest BCUT2D eigenvalue weighted by molar-refractivity contribution is 6.35. The van der Waals surface area contributed by atoms with E-state index < -0.39 is 17.7 Å². The largest absolute Gasteiger partial charge is 0.345 e. The number of hydrogen-bond donors (Lipinski definition) is 3. The van der Waals surface area contributed by atoms with E-state index in [1.807, 2.05) is 6.92 Å². The number of carbonyl (C=O) groups is 3. The molecule has 1 saturated carbocycles. The van der Waals surface area contributed by atoms with Crippen LogP contribution < -0.4 is 16.2 Å². The number of hydrogen-bond acceptors (Lipinski definition) is 4. The zero-order valence-corrected chi connectivity index (χ0v) is 13.9. The average molecular weight is 342 g/mol. The van der Waals surface area contributed by atoms with Crippen molar-refractivity contribution in [3.63, 3.8) is 0 Å². The number of nitrogens with one attached hydrogen (secondary N) is 3. The van der Waals surface area contributed by atoms with Gasteiger partial charge >= 0.3 is 11.8 Å². The van der Waals surface area contributed by atoms with Gasteiger partial charge in [0.2, 0.25) is 0 Å². The lowest BCUT2D eigenvalue weighted by Gasteiger charge is -2.07. The van der Waals surface area contributed by atoms with Gasteiger partial charge in [-0.05, 0) is 26.2 Å². The summed E-state index contributed by atoms with van der Waals surface area (Å²) in [6.07, 6.45) is 3.61. The minimum Gasteiger partial charge on any atom is -0.345 e. The number of halogens is 1. The van der Waals surface area contributed by atoms with Crippen molar-refractivity contribution in [2.45, 2.75) is 52.1 Å². The molecule has 1 aromatic rings. The van der Waals surface area contributed by atoms with Gasteiger partial charge in [-0.25, -0.2) is 0 Å². The van der Waals surface area contributed by atoms with E-state index in [1.54, 1.807) is 11.6 Å².